The average Bonchev–Trinajstić information content (AvgIpc) is 2.54. The zero-order valence-electron chi connectivity index (χ0n) is 12.0. The molecule has 4 nitrogen and oxygen atoms in total. The van der Waals surface area contributed by atoms with Gasteiger partial charge in [0.05, 0.1) is 12.0 Å². The predicted octanol–water partition coefficient (Wildman–Crippen LogP) is 3.05. The fourth-order valence-corrected chi connectivity index (χ4v) is 3.05. The Kier molecular flexibility index (Phi) is 4.14. The number of rotatable bonds is 4. The van der Waals surface area contributed by atoms with Gasteiger partial charge in [-0.05, 0) is 18.4 Å². The minimum absolute atomic E-state index is 0.101. The second kappa shape index (κ2) is 5.52. The molecular weight excluding hydrogens is 276 g/mol. The van der Waals surface area contributed by atoms with Gasteiger partial charge in [-0.15, -0.1) is 0 Å². The Morgan fingerprint density at radius 2 is 2.15 bits per heavy atom. The molecule has 2 amide bonds. The van der Waals surface area contributed by atoms with Gasteiger partial charge in [-0.3, -0.25) is 14.5 Å². The molecular formula is C15H19ClN2O2. The fraction of sp³-hybridized carbons (Fsp3) is 0.533. The molecule has 5 heteroatoms. The molecule has 108 valence electrons. The highest BCUT2D eigenvalue weighted by Gasteiger charge is 2.48. The quantitative estimate of drug-likeness (QED) is 0.633. The van der Waals surface area contributed by atoms with Crippen molar-refractivity contribution in [3.8, 4) is 0 Å². The van der Waals surface area contributed by atoms with Gasteiger partial charge >= 0.3 is 0 Å². The topological polar surface area (TPSA) is 50.3 Å². The molecule has 0 aliphatic carbocycles. The summed E-state index contributed by atoms with van der Waals surface area (Å²) < 4.78 is 0. The van der Waals surface area contributed by atoms with Crippen molar-refractivity contribution in [2.75, 3.05) is 0 Å². The number of pyridine rings is 1. The number of imide groups is 1. The van der Waals surface area contributed by atoms with E-state index in [0.717, 1.165) is 6.42 Å². The van der Waals surface area contributed by atoms with Crippen molar-refractivity contribution in [3.05, 3.63) is 29.0 Å². The zero-order valence-corrected chi connectivity index (χ0v) is 12.8. The summed E-state index contributed by atoms with van der Waals surface area (Å²) in [7, 11) is 0. The van der Waals surface area contributed by atoms with E-state index in [0.29, 0.717) is 16.6 Å². The van der Waals surface area contributed by atoms with E-state index in [1.165, 1.54) is 4.90 Å². The smallest absolute Gasteiger partial charge is 0.235 e. The molecule has 0 bridgehead atoms. The van der Waals surface area contributed by atoms with Crippen LogP contribution in [0.25, 0.3) is 0 Å². The highest BCUT2D eigenvalue weighted by atomic mass is 35.5. The lowest BCUT2D eigenvalue weighted by molar-refractivity contribution is -0.142. The highest BCUT2D eigenvalue weighted by Crippen LogP contribution is 2.39. The van der Waals surface area contributed by atoms with Gasteiger partial charge in [-0.1, -0.05) is 38.4 Å². The molecule has 2 heterocycles. The van der Waals surface area contributed by atoms with Crippen molar-refractivity contribution in [2.45, 2.75) is 40.2 Å². The Hall–Kier alpha value is -1.42. The Morgan fingerprint density at radius 3 is 2.75 bits per heavy atom. The lowest BCUT2D eigenvalue weighted by Gasteiger charge is -2.24. The number of hydrogen-bond donors (Lipinski definition) is 0. The molecule has 0 unspecified atom stereocenters. The number of aromatic nitrogens is 1. The van der Waals surface area contributed by atoms with Crippen LogP contribution in [0.15, 0.2) is 18.3 Å². The van der Waals surface area contributed by atoms with Crippen LogP contribution < -0.4 is 0 Å². The summed E-state index contributed by atoms with van der Waals surface area (Å²) in [6.07, 6.45) is 2.58. The van der Waals surface area contributed by atoms with E-state index in [9.17, 15) is 9.59 Å². The van der Waals surface area contributed by atoms with Gasteiger partial charge in [0, 0.05) is 18.2 Å². The molecule has 0 N–H and O–H groups in total. The third-order valence-electron chi connectivity index (χ3n) is 3.63. The van der Waals surface area contributed by atoms with Crippen molar-refractivity contribution in [1.29, 1.82) is 0 Å². The maximum Gasteiger partial charge on any atom is 0.235 e. The molecule has 1 fully saturated rings. The molecule has 2 rings (SSSR count). The second-order valence-electron chi connectivity index (χ2n) is 6.07. The first-order valence-electron chi connectivity index (χ1n) is 6.77. The van der Waals surface area contributed by atoms with E-state index in [-0.39, 0.29) is 24.8 Å². The van der Waals surface area contributed by atoms with Crippen molar-refractivity contribution in [3.63, 3.8) is 0 Å². The largest absolute Gasteiger partial charge is 0.278 e. The Bertz CT molecular complexity index is 544. The summed E-state index contributed by atoms with van der Waals surface area (Å²) in [5.41, 5.74) is 0.115. The van der Waals surface area contributed by atoms with E-state index in [2.05, 4.69) is 18.8 Å². The van der Waals surface area contributed by atoms with Gasteiger partial charge in [0.15, 0.2) is 0 Å². The maximum absolute atomic E-state index is 12.5. The van der Waals surface area contributed by atoms with E-state index < -0.39 is 5.41 Å². The van der Waals surface area contributed by atoms with Gasteiger partial charge < -0.3 is 0 Å². The van der Waals surface area contributed by atoms with Gasteiger partial charge in [0.25, 0.3) is 0 Å². The number of likely N-dealkylation sites (tertiary alicyclic amines) is 1. The Labute approximate surface area is 124 Å². The molecule has 0 saturated carbocycles. The van der Waals surface area contributed by atoms with Crippen molar-refractivity contribution in [2.24, 2.45) is 11.3 Å². The standard InChI is InChI=1S/C15H19ClN2O2/c1-10(2)7-15(3)8-12(19)18(14(15)20)9-11-5-4-6-17-13(11)16/h4-6,10H,7-9H2,1-3H3/t15-/m1/s1. The minimum Gasteiger partial charge on any atom is -0.278 e. The molecule has 1 aliphatic rings. The van der Waals surface area contributed by atoms with Gasteiger partial charge in [0.2, 0.25) is 11.8 Å². The molecule has 1 saturated heterocycles. The van der Waals surface area contributed by atoms with Gasteiger partial charge in [-0.25, -0.2) is 4.98 Å². The Balaban J connectivity index is 2.20. The molecule has 0 radical (unpaired) electrons. The van der Waals surface area contributed by atoms with Crippen molar-refractivity contribution >= 4 is 23.4 Å². The first kappa shape index (κ1) is 15.0. The molecule has 20 heavy (non-hydrogen) atoms. The van der Waals surface area contributed by atoms with Gasteiger partial charge in [-0.2, -0.15) is 0 Å². The number of hydrogen-bond acceptors (Lipinski definition) is 3. The predicted molar refractivity (Wildman–Crippen MR) is 77.0 cm³/mol. The molecule has 1 aromatic heterocycles. The number of nitrogens with zero attached hydrogens (tertiary/aromatic N) is 2. The summed E-state index contributed by atoms with van der Waals surface area (Å²) in [6, 6.07) is 3.54. The van der Waals surface area contributed by atoms with Crippen LogP contribution in [0, 0.1) is 11.3 Å². The molecule has 1 aliphatic heterocycles. The monoisotopic (exact) mass is 294 g/mol. The number of halogens is 1. The summed E-state index contributed by atoms with van der Waals surface area (Å²) in [5.74, 6) is 0.146. The van der Waals surface area contributed by atoms with Crippen LogP contribution in [0.5, 0.6) is 0 Å². The molecule has 1 atom stereocenters. The SMILES string of the molecule is CC(C)C[C@]1(C)CC(=O)N(Cc2cccnc2Cl)C1=O. The summed E-state index contributed by atoms with van der Waals surface area (Å²) in [5, 5.41) is 0.338. The van der Waals surface area contributed by atoms with Crippen LogP contribution in [-0.2, 0) is 16.1 Å². The molecule has 1 aromatic rings. The summed E-state index contributed by atoms with van der Waals surface area (Å²) in [6.45, 7) is 6.20. The maximum atomic E-state index is 12.5. The Morgan fingerprint density at radius 1 is 1.45 bits per heavy atom. The van der Waals surface area contributed by atoms with Gasteiger partial charge in [0.1, 0.15) is 5.15 Å². The summed E-state index contributed by atoms with van der Waals surface area (Å²) >= 11 is 5.99. The molecule has 0 spiro atoms. The van der Waals surface area contributed by atoms with Crippen LogP contribution >= 0.6 is 11.6 Å². The average molecular weight is 295 g/mol. The van der Waals surface area contributed by atoms with Crippen molar-refractivity contribution < 1.29 is 9.59 Å². The third-order valence-corrected chi connectivity index (χ3v) is 3.97. The van der Waals surface area contributed by atoms with E-state index in [1.807, 2.05) is 6.92 Å². The van der Waals surface area contributed by atoms with Crippen LogP contribution in [-0.4, -0.2) is 21.7 Å². The number of carbonyl (C=O) groups excluding carboxylic acids is 2. The minimum atomic E-state index is -0.583. The van der Waals surface area contributed by atoms with E-state index in [1.54, 1.807) is 18.3 Å². The number of carbonyl (C=O) groups is 2. The summed E-state index contributed by atoms with van der Waals surface area (Å²) in [4.78, 5) is 30.0. The van der Waals surface area contributed by atoms with Crippen LogP contribution in [0.2, 0.25) is 5.15 Å². The van der Waals surface area contributed by atoms with E-state index in [4.69, 9.17) is 11.6 Å². The van der Waals surface area contributed by atoms with E-state index >= 15 is 0 Å². The lowest BCUT2D eigenvalue weighted by atomic mass is 9.80. The highest BCUT2D eigenvalue weighted by molar-refractivity contribution is 6.30. The zero-order chi connectivity index (χ0) is 14.9. The second-order valence-corrected chi connectivity index (χ2v) is 6.43. The fourth-order valence-electron chi connectivity index (χ4n) is 2.87. The van der Waals surface area contributed by atoms with Crippen LogP contribution in [0.4, 0.5) is 0 Å². The first-order valence-corrected chi connectivity index (χ1v) is 7.15. The first-order chi connectivity index (χ1) is 9.33. The lowest BCUT2D eigenvalue weighted by Crippen LogP contribution is -2.34. The normalized spacial score (nSPS) is 22.9. The molecule has 0 aromatic carbocycles. The van der Waals surface area contributed by atoms with Crippen molar-refractivity contribution in [1.82, 2.24) is 9.88 Å². The number of amides is 2. The van der Waals surface area contributed by atoms with Crippen LogP contribution in [0.1, 0.15) is 39.2 Å². The third kappa shape index (κ3) is 2.85. The van der Waals surface area contributed by atoms with Crippen LogP contribution in [0.3, 0.4) is 0 Å².